The van der Waals surface area contributed by atoms with Gasteiger partial charge >= 0.3 is 0 Å². The first kappa shape index (κ1) is 25.1. The van der Waals surface area contributed by atoms with Crippen molar-refractivity contribution in [3.63, 3.8) is 0 Å². The summed E-state index contributed by atoms with van der Waals surface area (Å²) in [6.07, 6.45) is 1.25. The highest BCUT2D eigenvalue weighted by molar-refractivity contribution is 5.94. The standard InChI is InChI=1S/C20H24N4O5.C3H8/c1-21-18(25)11-24-20(27)17-6-5-16(29-17)14-4-2-3-13(9-14)10-23-19(26)15-12-28-8-7-22-15;1-3-2/h2-6,9,15,22H,7-8,10-12H2,1H3,(H,21,25)(H,23,26)(H,24,27);3H2,1-2H3. The van der Waals surface area contributed by atoms with Crippen molar-refractivity contribution in [3.8, 4) is 11.3 Å². The summed E-state index contributed by atoms with van der Waals surface area (Å²) in [6, 6.07) is 10.4. The molecule has 174 valence electrons. The molecule has 1 atom stereocenters. The number of hydrogen-bond donors (Lipinski definition) is 4. The molecule has 0 aliphatic carbocycles. The average molecular weight is 445 g/mol. The number of rotatable bonds is 7. The lowest BCUT2D eigenvalue weighted by atomic mass is 10.1. The predicted molar refractivity (Wildman–Crippen MR) is 121 cm³/mol. The summed E-state index contributed by atoms with van der Waals surface area (Å²) in [7, 11) is 1.49. The number of likely N-dealkylation sites (N-methyl/N-ethyl adjacent to an activating group) is 1. The van der Waals surface area contributed by atoms with Gasteiger partial charge in [-0.1, -0.05) is 38.5 Å². The van der Waals surface area contributed by atoms with E-state index in [1.54, 1.807) is 12.1 Å². The van der Waals surface area contributed by atoms with Crippen LogP contribution >= 0.6 is 0 Å². The molecule has 0 saturated carbocycles. The fourth-order valence-electron chi connectivity index (χ4n) is 2.83. The molecule has 4 N–H and O–H groups in total. The predicted octanol–water partition coefficient (Wildman–Crippen LogP) is 1.44. The molecule has 1 saturated heterocycles. The van der Waals surface area contributed by atoms with Gasteiger partial charge in [-0.25, -0.2) is 0 Å². The van der Waals surface area contributed by atoms with Gasteiger partial charge in [0.2, 0.25) is 11.8 Å². The Morgan fingerprint density at radius 3 is 2.59 bits per heavy atom. The van der Waals surface area contributed by atoms with Gasteiger partial charge in [0.1, 0.15) is 11.8 Å². The van der Waals surface area contributed by atoms with Crippen molar-refractivity contribution in [1.29, 1.82) is 0 Å². The SMILES string of the molecule is CCC.CNC(=O)CNC(=O)c1ccc(-c2cccc(CNC(=O)C3COCCN3)c2)o1. The lowest BCUT2D eigenvalue weighted by Crippen LogP contribution is -2.51. The molecule has 2 heterocycles. The minimum atomic E-state index is -0.467. The first-order valence-corrected chi connectivity index (χ1v) is 10.7. The molecule has 2 aromatic rings. The van der Waals surface area contributed by atoms with Gasteiger partial charge in [0.15, 0.2) is 5.76 Å². The minimum absolute atomic E-state index is 0.108. The Kier molecular flexibility index (Phi) is 10.4. The van der Waals surface area contributed by atoms with Crippen molar-refractivity contribution in [2.24, 2.45) is 0 Å². The highest BCUT2D eigenvalue weighted by Crippen LogP contribution is 2.23. The van der Waals surface area contributed by atoms with Crippen molar-refractivity contribution >= 4 is 17.7 Å². The van der Waals surface area contributed by atoms with Crippen LogP contribution in [0.3, 0.4) is 0 Å². The molecule has 1 aliphatic heterocycles. The van der Waals surface area contributed by atoms with Crippen LogP contribution in [-0.4, -0.2) is 57.1 Å². The van der Waals surface area contributed by atoms with Gasteiger partial charge in [-0.15, -0.1) is 0 Å². The van der Waals surface area contributed by atoms with Crippen molar-refractivity contribution in [2.75, 3.05) is 33.4 Å². The molecule has 0 bridgehead atoms. The van der Waals surface area contributed by atoms with Gasteiger partial charge in [-0.2, -0.15) is 0 Å². The lowest BCUT2D eigenvalue weighted by molar-refractivity contribution is -0.126. The number of hydrogen-bond acceptors (Lipinski definition) is 6. The Morgan fingerprint density at radius 2 is 1.91 bits per heavy atom. The molecule has 1 aromatic heterocycles. The van der Waals surface area contributed by atoms with E-state index in [0.717, 1.165) is 11.1 Å². The number of benzene rings is 1. The number of carbonyl (C=O) groups is 3. The average Bonchev–Trinajstić information content (AvgIpc) is 3.32. The number of carbonyl (C=O) groups excluding carboxylic acids is 3. The zero-order chi connectivity index (χ0) is 23.3. The maximum atomic E-state index is 12.2. The third-order valence-corrected chi connectivity index (χ3v) is 4.43. The Labute approximate surface area is 188 Å². The number of morpholine rings is 1. The van der Waals surface area contributed by atoms with Crippen molar-refractivity contribution < 1.29 is 23.5 Å². The van der Waals surface area contributed by atoms with E-state index in [1.165, 1.54) is 13.5 Å². The van der Waals surface area contributed by atoms with Crippen LogP contribution in [0.1, 0.15) is 36.4 Å². The second kappa shape index (κ2) is 13.3. The molecular weight excluding hydrogens is 412 g/mol. The zero-order valence-corrected chi connectivity index (χ0v) is 18.8. The molecule has 0 spiro atoms. The minimum Gasteiger partial charge on any atom is -0.451 e. The molecule has 9 nitrogen and oxygen atoms in total. The summed E-state index contributed by atoms with van der Waals surface area (Å²) in [4.78, 5) is 35.5. The van der Waals surface area contributed by atoms with Gasteiger partial charge in [0.25, 0.3) is 5.91 Å². The summed E-state index contributed by atoms with van der Waals surface area (Å²) in [5, 5.41) is 10.9. The highest BCUT2D eigenvalue weighted by atomic mass is 16.5. The van der Waals surface area contributed by atoms with Crippen LogP contribution in [-0.2, 0) is 20.9 Å². The molecular formula is C23H32N4O5. The van der Waals surface area contributed by atoms with Crippen LogP contribution in [0.4, 0.5) is 0 Å². The zero-order valence-electron chi connectivity index (χ0n) is 18.8. The van der Waals surface area contributed by atoms with Crippen molar-refractivity contribution in [2.45, 2.75) is 32.9 Å². The largest absolute Gasteiger partial charge is 0.451 e. The molecule has 1 aromatic carbocycles. The van der Waals surface area contributed by atoms with E-state index in [0.29, 0.717) is 32.1 Å². The normalized spacial score (nSPS) is 15.2. The monoisotopic (exact) mass is 444 g/mol. The van der Waals surface area contributed by atoms with E-state index in [4.69, 9.17) is 9.15 Å². The van der Waals surface area contributed by atoms with Crippen LogP contribution in [0.2, 0.25) is 0 Å². The Hall–Kier alpha value is -3.17. The van der Waals surface area contributed by atoms with Gasteiger partial charge in [0, 0.05) is 25.7 Å². The lowest BCUT2D eigenvalue weighted by Gasteiger charge is -2.22. The van der Waals surface area contributed by atoms with Crippen LogP contribution < -0.4 is 21.3 Å². The van der Waals surface area contributed by atoms with Gasteiger partial charge in [-0.3, -0.25) is 14.4 Å². The quantitative estimate of drug-likeness (QED) is 0.513. The van der Waals surface area contributed by atoms with Gasteiger partial charge in [0.05, 0.1) is 19.8 Å². The molecule has 3 rings (SSSR count). The van der Waals surface area contributed by atoms with E-state index < -0.39 is 5.91 Å². The third kappa shape index (κ3) is 7.82. The van der Waals surface area contributed by atoms with Crippen LogP contribution in [0.15, 0.2) is 40.8 Å². The number of ether oxygens (including phenoxy) is 1. The van der Waals surface area contributed by atoms with E-state index >= 15 is 0 Å². The molecule has 0 radical (unpaired) electrons. The number of furan rings is 1. The molecule has 1 unspecified atom stereocenters. The highest BCUT2D eigenvalue weighted by Gasteiger charge is 2.20. The van der Waals surface area contributed by atoms with Gasteiger partial charge in [-0.05, 0) is 23.8 Å². The first-order valence-electron chi connectivity index (χ1n) is 10.7. The Morgan fingerprint density at radius 1 is 1.12 bits per heavy atom. The third-order valence-electron chi connectivity index (χ3n) is 4.43. The molecule has 32 heavy (non-hydrogen) atoms. The maximum Gasteiger partial charge on any atom is 0.287 e. The summed E-state index contributed by atoms with van der Waals surface area (Å²) in [6.45, 7) is 6.13. The molecule has 9 heteroatoms. The summed E-state index contributed by atoms with van der Waals surface area (Å²) in [5.74, 6) is -0.236. The summed E-state index contributed by atoms with van der Waals surface area (Å²) < 4.78 is 10.9. The molecule has 1 aliphatic rings. The van der Waals surface area contributed by atoms with E-state index in [9.17, 15) is 14.4 Å². The topological polar surface area (TPSA) is 122 Å². The smallest absolute Gasteiger partial charge is 0.287 e. The summed E-state index contributed by atoms with van der Waals surface area (Å²) >= 11 is 0. The maximum absolute atomic E-state index is 12.2. The molecule has 3 amide bonds. The fourth-order valence-corrected chi connectivity index (χ4v) is 2.83. The number of amides is 3. The Bertz CT molecular complexity index is 890. The van der Waals surface area contributed by atoms with Crippen molar-refractivity contribution in [3.05, 3.63) is 47.7 Å². The second-order valence-corrected chi connectivity index (χ2v) is 7.23. The second-order valence-electron chi connectivity index (χ2n) is 7.23. The van der Waals surface area contributed by atoms with E-state index in [1.807, 2.05) is 24.3 Å². The van der Waals surface area contributed by atoms with E-state index in [-0.39, 0.29) is 30.2 Å². The summed E-state index contributed by atoms with van der Waals surface area (Å²) in [5.41, 5.74) is 1.68. The van der Waals surface area contributed by atoms with Crippen LogP contribution in [0.25, 0.3) is 11.3 Å². The molecule has 1 fully saturated rings. The van der Waals surface area contributed by atoms with Crippen LogP contribution in [0, 0.1) is 0 Å². The van der Waals surface area contributed by atoms with E-state index in [2.05, 4.69) is 35.1 Å². The van der Waals surface area contributed by atoms with Gasteiger partial charge < -0.3 is 30.4 Å². The first-order chi connectivity index (χ1) is 15.5. The van der Waals surface area contributed by atoms with Crippen molar-refractivity contribution in [1.82, 2.24) is 21.3 Å². The Balaban J connectivity index is 0.00000114. The van der Waals surface area contributed by atoms with Crippen LogP contribution in [0.5, 0.6) is 0 Å². The fraction of sp³-hybridized carbons (Fsp3) is 0.435. The number of nitrogens with one attached hydrogen (secondary N) is 4.